The van der Waals surface area contributed by atoms with Gasteiger partial charge < -0.3 is 15.4 Å². The van der Waals surface area contributed by atoms with Crippen molar-refractivity contribution in [3.8, 4) is 0 Å². The smallest absolute Gasteiger partial charge is 0.329 e. The van der Waals surface area contributed by atoms with Crippen LogP contribution in [0.25, 0.3) is 0 Å². The minimum absolute atomic E-state index is 0.256. The second-order valence-corrected chi connectivity index (χ2v) is 6.20. The Morgan fingerprint density at radius 1 is 1.16 bits per heavy atom. The third-order valence-corrected chi connectivity index (χ3v) is 4.07. The van der Waals surface area contributed by atoms with Crippen molar-refractivity contribution in [3.05, 3.63) is 52.5 Å². The van der Waals surface area contributed by atoms with Gasteiger partial charge in [-0.15, -0.1) is 11.3 Å². The van der Waals surface area contributed by atoms with Gasteiger partial charge in [0.2, 0.25) is 0 Å². The van der Waals surface area contributed by atoms with Crippen molar-refractivity contribution in [3.63, 3.8) is 0 Å². The summed E-state index contributed by atoms with van der Waals surface area (Å²) >= 11 is 1.25. The molecule has 0 spiro atoms. The second kappa shape index (κ2) is 8.39. The summed E-state index contributed by atoms with van der Waals surface area (Å²) in [4.78, 5) is 36.3. The molecule has 0 radical (unpaired) electrons. The third-order valence-electron chi connectivity index (χ3n) is 3.20. The largest absolute Gasteiger partial charge is 0.451 e. The van der Waals surface area contributed by atoms with Crippen LogP contribution < -0.4 is 10.6 Å². The Morgan fingerprint density at radius 2 is 1.92 bits per heavy atom. The number of amides is 2. The number of esters is 1. The molecule has 0 aliphatic carbocycles. The van der Waals surface area contributed by atoms with Crippen LogP contribution in [0.5, 0.6) is 0 Å². The zero-order chi connectivity index (χ0) is 18.4. The zero-order valence-electron chi connectivity index (χ0n) is 13.6. The van der Waals surface area contributed by atoms with Gasteiger partial charge in [0.15, 0.2) is 6.10 Å². The highest BCUT2D eigenvalue weighted by molar-refractivity contribution is 7.12. The summed E-state index contributed by atoms with van der Waals surface area (Å²) in [6.45, 7) is 2.85. The van der Waals surface area contributed by atoms with E-state index in [1.54, 1.807) is 17.5 Å². The Bertz CT molecular complexity index is 764. The predicted molar refractivity (Wildman–Crippen MR) is 91.8 cm³/mol. The molecule has 2 aromatic rings. The minimum atomic E-state index is -1.10. The van der Waals surface area contributed by atoms with Gasteiger partial charge in [0.05, 0.1) is 4.88 Å². The Morgan fingerprint density at radius 3 is 2.56 bits per heavy atom. The maximum atomic E-state index is 13.1. The molecule has 1 heterocycles. The van der Waals surface area contributed by atoms with Crippen LogP contribution in [0.4, 0.5) is 10.1 Å². The van der Waals surface area contributed by atoms with E-state index >= 15 is 0 Å². The Labute approximate surface area is 148 Å². The van der Waals surface area contributed by atoms with Gasteiger partial charge in [-0.1, -0.05) is 12.1 Å². The van der Waals surface area contributed by atoms with Gasteiger partial charge in [0.25, 0.3) is 11.8 Å². The summed E-state index contributed by atoms with van der Waals surface area (Å²) in [6.07, 6.45) is -1.10. The van der Waals surface area contributed by atoms with Crippen molar-refractivity contribution in [2.75, 3.05) is 5.32 Å². The van der Waals surface area contributed by atoms with Crippen LogP contribution in [0.1, 0.15) is 23.5 Å². The highest BCUT2D eigenvalue weighted by Gasteiger charge is 2.23. The van der Waals surface area contributed by atoms with Crippen molar-refractivity contribution >= 4 is 34.8 Å². The lowest BCUT2D eigenvalue weighted by Gasteiger charge is -2.17. The van der Waals surface area contributed by atoms with Crippen LogP contribution in [-0.4, -0.2) is 29.9 Å². The topological polar surface area (TPSA) is 84.5 Å². The van der Waals surface area contributed by atoms with Crippen LogP contribution in [0, 0.1) is 5.82 Å². The Balaban J connectivity index is 1.86. The lowest BCUT2D eigenvalue weighted by Crippen LogP contribution is -2.42. The normalized spacial score (nSPS) is 12.8. The van der Waals surface area contributed by atoms with Crippen LogP contribution in [-0.2, 0) is 14.3 Å². The maximum Gasteiger partial charge on any atom is 0.329 e. The molecule has 0 aliphatic rings. The van der Waals surface area contributed by atoms with E-state index in [0.717, 1.165) is 6.07 Å². The first kappa shape index (κ1) is 18.6. The summed E-state index contributed by atoms with van der Waals surface area (Å²) in [6, 6.07) is 7.80. The van der Waals surface area contributed by atoms with Crippen molar-refractivity contribution in [2.45, 2.75) is 26.0 Å². The Hall–Kier alpha value is -2.74. The molecule has 132 valence electrons. The lowest BCUT2D eigenvalue weighted by atomic mass is 10.3. The molecule has 2 rings (SSSR count). The molecule has 0 unspecified atom stereocenters. The maximum absolute atomic E-state index is 13.1. The molecular weight excluding hydrogens is 347 g/mol. The highest BCUT2D eigenvalue weighted by Crippen LogP contribution is 2.11. The number of hydrogen-bond acceptors (Lipinski definition) is 5. The second-order valence-electron chi connectivity index (χ2n) is 5.25. The predicted octanol–water partition coefficient (Wildman–Crippen LogP) is 2.58. The molecule has 0 aliphatic heterocycles. The van der Waals surface area contributed by atoms with Crippen molar-refractivity contribution < 1.29 is 23.5 Å². The lowest BCUT2D eigenvalue weighted by molar-refractivity contribution is -0.154. The summed E-state index contributed by atoms with van der Waals surface area (Å²) in [5.74, 6) is -2.23. The van der Waals surface area contributed by atoms with E-state index in [1.807, 2.05) is 0 Å². The number of ether oxygens (including phenoxy) is 1. The van der Waals surface area contributed by atoms with Gasteiger partial charge in [-0.05, 0) is 43.5 Å². The molecule has 6 nitrogen and oxygen atoms in total. The minimum Gasteiger partial charge on any atom is -0.451 e. The first-order valence-corrected chi connectivity index (χ1v) is 8.36. The van der Waals surface area contributed by atoms with Gasteiger partial charge in [-0.25, -0.2) is 9.18 Å². The molecule has 25 heavy (non-hydrogen) atoms. The van der Waals surface area contributed by atoms with E-state index < -0.39 is 35.7 Å². The van der Waals surface area contributed by atoms with E-state index in [0.29, 0.717) is 4.88 Å². The zero-order valence-corrected chi connectivity index (χ0v) is 14.4. The van der Waals surface area contributed by atoms with Crippen molar-refractivity contribution in [1.29, 1.82) is 0 Å². The van der Waals surface area contributed by atoms with Gasteiger partial charge in [-0.2, -0.15) is 0 Å². The van der Waals surface area contributed by atoms with Gasteiger partial charge in [0, 0.05) is 5.69 Å². The summed E-state index contributed by atoms with van der Waals surface area (Å²) in [7, 11) is 0. The van der Waals surface area contributed by atoms with E-state index in [4.69, 9.17) is 4.74 Å². The van der Waals surface area contributed by atoms with Crippen LogP contribution in [0.3, 0.4) is 0 Å². The molecule has 0 bridgehead atoms. The quantitative estimate of drug-likeness (QED) is 0.772. The molecule has 2 N–H and O–H groups in total. The number of thiophene rings is 1. The number of rotatable bonds is 6. The van der Waals surface area contributed by atoms with E-state index in [9.17, 15) is 18.8 Å². The van der Waals surface area contributed by atoms with Gasteiger partial charge in [-0.3, -0.25) is 9.59 Å². The fourth-order valence-corrected chi connectivity index (χ4v) is 2.50. The average molecular weight is 364 g/mol. The number of nitrogens with one attached hydrogen (secondary N) is 2. The van der Waals surface area contributed by atoms with Crippen molar-refractivity contribution in [1.82, 2.24) is 5.32 Å². The number of carbonyl (C=O) groups is 3. The molecule has 8 heteroatoms. The number of hydrogen-bond donors (Lipinski definition) is 2. The third kappa shape index (κ3) is 5.39. The van der Waals surface area contributed by atoms with E-state index in [2.05, 4.69) is 10.6 Å². The fraction of sp³-hybridized carbons (Fsp3) is 0.235. The molecule has 0 fully saturated rings. The number of anilines is 1. The van der Waals surface area contributed by atoms with Gasteiger partial charge in [0.1, 0.15) is 11.9 Å². The summed E-state index contributed by atoms with van der Waals surface area (Å²) in [5.41, 5.74) is 0.256. The number of carbonyl (C=O) groups excluding carboxylic acids is 3. The molecule has 1 aromatic carbocycles. The molecule has 1 aromatic heterocycles. The Kier molecular flexibility index (Phi) is 6.24. The van der Waals surface area contributed by atoms with Crippen molar-refractivity contribution in [2.24, 2.45) is 0 Å². The standard InChI is InChI=1S/C17H17FN2O4S/c1-10(19-16(22)14-7-4-8-25-14)17(23)24-11(2)15(21)20-13-6-3-5-12(18)9-13/h3-11H,1-2H3,(H,19,22)(H,20,21)/t10-,11-/m1/s1. The summed E-state index contributed by atoms with van der Waals surface area (Å²) < 4.78 is 18.1. The molecular formula is C17H17FN2O4S. The van der Waals surface area contributed by atoms with E-state index in [1.165, 1.54) is 43.4 Å². The molecule has 2 amide bonds. The van der Waals surface area contributed by atoms with Crippen LogP contribution >= 0.6 is 11.3 Å². The first-order chi connectivity index (χ1) is 11.9. The molecule has 0 saturated carbocycles. The fourth-order valence-electron chi connectivity index (χ4n) is 1.87. The first-order valence-electron chi connectivity index (χ1n) is 7.48. The highest BCUT2D eigenvalue weighted by atomic mass is 32.1. The summed E-state index contributed by atoms with van der Waals surface area (Å²) in [5, 5.41) is 6.69. The number of halogens is 1. The number of benzene rings is 1. The monoisotopic (exact) mass is 364 g/mol. The van der Waals surface area contributed by atoms with Crippen LogP contribution in [0.15, 0.2) is 41.8 Å². The van der Waals surface area contributed by atoms with Crippen LogP contribution in [0.2, 0.25) is 0 Å². The average Bonchev–Trinajstić information content (AvgIpc) is 3.09. The SMILES string of the molecule is C[C@@H](NC(=O)c1cccs1)C(=O)O[C@H](C)C(=O)Nc1cccc(F)c1. The van der Waals surface area contributed by atoms with Gasteiger partial charge >= 0.3 is 5.97 Å². The van der Waals surface area contributed by atoms with E-state index in [-0.39, 0.29) is 5.69 Å². The molecule has 0 saturated heterocycles. The molecule has 2 atom stereocenters.